The van der Waals surface area contributed by atoms with Gasteiger partial charge in [0.15, 0.2) is 0 Å². The third-order valence-corrected chi connectivity index (χ3v) is 9.85. The summed E-state index contributed by atoms with van der Waals surface area (Å²) in [6.07, 6.45) is 11.8. The zero-order valence-electron chi connectivity index (χ0n) is 23.3. The molecular formula is C31H41ClN4O4. The van der Waals surface area contributed by atoms with Crippen molar-refractivity contribution in [3.8, 4) is 0 Å². The van der Waals surface area contributed by atoms with Crippen LogP contribution in [0.1, 0.15) is 58.3 Å². The third-order valence-electron chi connectivity index (χ3n) is 9.60. The van der Waals surface area contributed by atoms with Crippen LogP contribution in [0.4, 0.5) is 5.69 Å². The number of benzene rings is 1. The fourth-order valence-electron chi connectivity index (χ4n) is 7.75. The van der Waals surface area contributed by atoms with Gasteiger partial charge in [-0.25, -0.2) is 0 Å². The molecule has 1 aliphatic carbocycles. The zero-order valence-corrected chi connectivity index (χ0v) is 24.1. The highest BCUT2D eigenvalue weighted by Gasteiger charge is 2.72. The largest absolute Gasteiger partial charge is 0.359 e. The molecule has 0 unspecified atom stereocenters. The molecule has 216 valence electrons. The molecule has 1 saturated carbocycles. The van der Waals surface area contributed by atoms with Crippen molar-refractivity contribution in [3.63, 3.8) is 0 Å². The van der Waals surface area contributed by atoms with Crippen LogP contribution >= 0.6 is 11.6 Å². The molecule has 6 rings (SSSR count). The van der Waals surface area contributed by atoms with Crippen molar-refractivity contribution in [1.29, 1.82) is 0 Å². The highest BCUT2D eigenvalue weighted by molar-refractivity contribution is 6.30. The molecule has 4 fully saturated rings. The predicted octanol–water partition coefficient (Wildman–Crippen LogP) is 4.00. The number of carbonyl (C=O) groups excluding carboxylic acids is 3. The van der Waals surface area contributed by atoms with E-state index >= 15 is 0 Å². The van der Waals surface area contributed by atoms with Crippen LogP contribution in [0.5, 0.6) is 0 Å². The summed E-state index contributed by atoms with van der Waals surface area (Å²) in [4.78, 5) is 45.9. The second-order valence-electron chi connectivity index (χ2n) is 12.5. The average molecular weight is 569 g/mol. The summed E-state index contributed by atoms with van der Waals surface area (Å²) < 4.78 is 6.48. The number of fused-ring (bicyclic) bond motifs is 1. The topological polar surface area (TPSA) is 91.0 Å². The Kier molecular flexibility index (Phi) is 7.94. The number of ether oxygens (including phenoxy) is 1. The number of likely N-dealkylation sites (tertiary alicyclic amines) is 2. The molecule has 8 nitrogen and oxygen atoms in total. The SMILES string of the molecule is C[C@@H]1CCCN(CCCN2C(=O)[C@@H]3[C@@H](C(=O)Nc4ccc(Cl)cc4)[C@@H]4C=C[C@@]3(O4)[C@@H]2C(=O)NC2CCCCC2)C1. The Bertz CT molecular complexity index is 1150. The highest BCUT2D eigenvalue weighted by atomic mass is 35.5. The number of nitrogens with zero attached hydrogens (tertiary/aromatic N) is 2. The van der Waals surface area contributed by atoms with E-state index in [0.717, 1.165) is 51.7 Å². The second kappa shape index (κ2) is 11.5. The highest BCUT2D eigenvalue weighted by Crippen LogP contribution is 2.55. The lowest BCUT2D eigenvalue weighted by atomic mass is 9.74. The molecule has 3 amide bonds. The molecule has 2 N–H and O–H groups in total. The van der Waals surface area contributed by atoms with Gasteiger partial charge in [-0.2, -0.15) is 0 Å². The van der Waals surface area contributed by atoms with E-state index in [9.17, 15) is 14.4 Å². The first-order valence-electron chi connectivity index (χ1n) is 15.1. The van der Waals surface area contributed by atoms with Crippen LogP contribution in [0.25, 0.3) is 0 Å². The van der Waals surface area contributed by atoms with E-state index in [-0.39, 0.29) is 23.8 Å². The van der Waals surface area contributed by atoms with Crippen LogP contribution in [0.15, 0.2) is 36.4 Å². The Balaban J connectivity index is 1.23. The van der Waals surface area contributed by atoms with Crippen molar-refractivity contribution < 1.29 is 19.1 Å². The van der Waals surface area contributed by atoms with Crippen LogP contribution in [0.2, 0.25) is 5.02 Å². The van der Waals surface area contributed by atoms with Crippen LogP contribution in [-0.2, 0) is 19.1 Å². The van der Waals surface area contributed by atoms with E-state index in [1.807, 2.05) is 12.2 Å². The summed E-state index contributed by atoms with van der Waals surface area (Å²) in [5.74, 6) is -1.33. The molecule has 0 radical (unpaired) electrons. The van der Waals surface area contributed by atoms with Crippen LogP contribution in [0, 0.1) is 17.8 Å². The Labute approximate surface area is 241 Å². The number of halogens is 1. The summed E-state index contributed by atoms with van der Waals surface area (Å²) in [7, 11) is 0. The maximum Gasteiger partial charge on any atom is 0.246 e. The molecule has 5 aliphatic rings. The Morgan fingerprint density at radius 1 is 1.05 bits per heavy atom. The summed E-state index contributed by atoms with van der Waals surface area (Å²) in [6.45, 7) is 5.81. The van der Waals surface area contributed by atoms with Crippen LogP contribution in [0.3, 0.4) is 0 Å². The first-order valence-corrected chi connectivity index (χ1v) is 15.5. The normalized spacial score (nSPS) is 33.8. The molecule has 1 spiro atoms. The van der Waals surface area contributed by atoms with Crippen molar-refractivity contribution in [3.05, 3.63) is 41.4 Å². The van der Waals surface area contributed by atoms with Gasteiger partial charge >= 0.3 is 0 Å². The van der Waals surface area contributed by atoms with E-state index < -0.39 is 29.6 Å². The van der Waals surface area contributed by atoms with Gasteiger partial charge < -0.3 is 25.2 Å². The van der Waals surface area contributed by atoms with E-state index in [4.69, 9.17) is 16.3 Å². The maximum atomic E-state index is 14.1. The number of hydrogen-bond donors (Lipinski definition) is 2. The Morgan fingerprint density at radius 3 is 2.58 bits per heavy atom. The molecule has 1 aromatic carbocycles. The van der Waals surface area contributed by atoms with Gasteiger partial charge in [-0.15, -0.1) is 0 Å². The van der Waals surface area contributed by atoms with Gasteiger partial charge in [0, 0.05) is 29.8 Å². The zero-order chi connectivity index (χ0) is 27.9. The lowest BCUT2D eigenvalue weighted by Gasteiger charge is -2.35. The fraction of sp³-hybridized carbons (Fsp3) is 0.645. The first-order chi connectivity index (χ1) is 19.4. The standard InChI is InChI=1S/C31H41ClN4O4/c1-20-7-5-16-35(19-20)17-6-18-36-27(29(38)34-22-8-3-2-4-9-22)31-15-14-24(40-31)25(26(31)30(36)39)28(37)33-23-12-10-21(32)11-13-23/h10-15,20,22,24-27H,2-9,16-19H2,1H3,(H,33,37)(H,34,38)/t20-,24+,25+,26+,27+,31+/m1/s1. The van der Waals surface area contributed by atoms with Crippen molar-refractivity contribution in [2.75, 3.05) is 31.5 Å². The van der Waals surface area contributed by atoms with E-state index in [0.29, 0.717) is 23.2 Å². The molecule has 4 aliphatic heterocycles. The minimum Gasteiger partial charge on any atom is -0.359 e. The Hall–Kier alpha value is -2.42. The Morgan fingerprint density at radius 2 is 1.82 bits per heavy atom. The first kappa shape index (κ1) is 27.7. The molecule has 9 heteroatoms. The summed E-state index contributed by atoms with van der Waals surface area (Å²) in [5.41, 5.74) is -0.512. The smallest absolute Gasteiger partial charge is 0.246 e. The third kappa shape index (κ3) is 5.19. The van der Waals surface area contributed by atoms with Gasteiger partial charge in [0.05, 0.1) is 17.9 Å². The monoisotopic (exact) mass is 568 g/mol. The summed E-state index contributed by atoms with van der Waals surface area (Å²) >= 11 is 6.01. The van der Waals surface area contributed by atoms with Gasteiger partial charge in [-0.3, -0.25) is 14.4 Å². The number of piperidine rings is 1. The lowest BCUT2D eigenvalue weighted by Crippen LogP contribution is -2.56. The summed E-state index contributed by atoms with van der Waals surface area (Å²) in [6, 6.07) is 6.26. The minimum absolute atomic E-state index is 0.120. The van der Waals surface area contributed by atoms with Crippen molar-refractivity contribution >= 4 is 35.0 Å². The van der Waals surface area contributed by atoms with Gasteiger partial charge in [0.2, 0.25) is 17.7 Å². The fourth-order valence-corrected chi connectivity index (χ4v) is 7.87. The molecule has 4 heterocycles. The number of carbonyl (C=O) groups is 3. The summed E-state index contributed by atoms with van der Waals surface area (Å²) in [5, 5.41) is 6.80. The van der Waals surface area contributed by atoms with Crippen molar-refractivity contribution in [2.45, 2.75) is 82.1 Å². The number of rotatable bonds is 8. The van der Waals surface area contributed by atoms with Gasteiger partial charge in [-0.1, -0.05) is 49.9 Å². The number of nitrogens with one attached hydrogen (secondary N) is 2. The van der Waals surface area contributed by atoms with E-state index in [1.54, 1.807) is 29.2 Å². The molecule has 0 aromatic heterocycles. The molecule has 1 aromatic rings. The van der Waals surface area contributed by atoms with E-state index in [1.165, 1.54) is 19.3 Å². The quantitative estimate of drug-likeness (QED) is 0.463. The average Bonchev–Trinajstić information content (AvgIpc) is 3.58. The molecule has 3 saturated heterocycles. The van der Waals surface area contributed by atoms with Crippen LogP contribution in [-0.4, -0.2) is 77.5 Å². The number of hydrogen-bond acceptors (Lipinski definition) is 5. The van der Waals surface area contributed by atoms with Gasteiger partial charge in [-0.05, 0) is 75.4 Å². The van der Waals surface area contributed by atoms with Crippen LogP contribution < -0.4 is 10.6 Å². The maximum absolute atomic E-state index is 14.1. The van der Waals surface area contributed by atoms with E-state index in [2.05, 4.69) is 22.5 Å². The lowest BCUT2D eigenvalue weighted by molar-refractivity contribution is -0.141. The second-order valence-corrected chi connectivity index (χ2v) is 12.9. The number of anilines is 1. The van der Waals surface area contributed by atoms with Gasteiger partial charge in [0.1, 0.15) is 11.6 Å². The predicted molar refractivity (Wildman–Crippen MR) is 154 cm³/mol. The molecule has 2 bridgehead atoms. The molecule has 6 atom stereocenters. The van der Waals surface area contributed by atoms with Crippen molar-refractivity contribution in [2.24, 2.45) is 17.8 Å². The molecule has 40 heavy (non-hydrogen) atoms. The van der Waals surface area contributed by atoms with Gasteiger partial charge in [0.25, 0.3) is 0 Å². The minimum atomic E-state index is -1.12. The molecular weight excluding hydrogens is 528 g/mol. The number of amides is 3. The van der Waals surface area contributed by atoms with Crippen molar-refractivity contribution in [1.82, 2.24) is 15.1 Å².